The first-order chi connectivity index (χ1) is 8.57. The standard InChI is InChI=1S/C14H26O4/c1-12(2)14(17)18-10-8-6-4-3-5-7-9-13(16)11-15/h13,15-16H,1,3-11H2,2H3. The van der Waals surface area contributed by atoms with Gasteiger partial charge in [-0.2, -0.15) is 0 Å². The van der Waals surface area contributed by atoms with E-state index >= 15 is 0 Å². The zero-order chi connectivity index (χ0) is 13.8. The highest BCUT2D eigenvalue weighted by Crippen LogP contribution is 2.09. The third-order valence-electron chi connectivity index (χ3n) is 2.72. The maximum Gasteiger partial charge on any atom is 0.333 e. The van der Waals surface area contributed by atoms with Crippen molar-refractivity contribution in [2.24, 2.45) is 0 Å². The molecule has 0 aliphatic heterocycles. The van der Waals surface area contributed by atoms with Crippen LogP contribution in [-0.2, 0) is 9.53 Å². The lowest BCUT2D eigenvalue weighted by molar-refractivity contribution is -0.139. The van der Waals surface area contributed by atoms with Gasteiger partial charge in [-0.25, -0.2) is 4.79 Å². The first-order valence-corrected chi connectivity index (χ1v) is 6.69. The van der Waals surface area contributed by atoms with Gasteiger partial charge < -0.3 is 14.9 Å². The molecule has 1 unspecified atom stereocenters. The van der Waals surface area contributed by atoms with Crippen molar-refractivity contribution in [1.82, 2.24) is 0 Å². The van der Waals surface area contributed by atoms with E-state index in [1.165, 1.54) is 0 Å². The van der Waals surface area contributed by atoms with E-state index in [0.29, 0.717) is 18.6 Å². The van der Waals surface area contributed by atoms with Gasteiger partial charge in [-0.05, 0) is 19.8 Å². The molecule has 0 amide bonds. The first-order valence-electron chi connectivity index (χ1n) is 6.69. The molecule has 0 radical (unpaired) electrons. The summed E-state index contributed by atoms with van der Waals surface area (Å²) < 4.78 is 4.98. The van der Waals surface area contributed by atoms with Gasteiger partial charge in [0.25, 0.3) is 0 Å². The Hall–Kier alpha value is -0.870. The average molecular weight is 258 g/mol. The van der Waals surface area contributed by atoms with Crippen molar-refractivity contribution in [3.8, 4) is 0 Å². The van der Waals surface area contributed by atoms with Gasteiger partial charge in [-0.15, -0.1) is 0 Å². The summed E-state index contributed by atoms with van der Waals surface area (Å²) in [6.45, 7) is 5.48. The summed E-state index contributed by atoms with van der Waals surface area (Å²) in [5, 5.41) is 17.7. The zero-order valence-electron chi connectivity index (χ0n) is 11.4. The van der Waals surface area contributed by atoms with E-state index in [-0.39, 0.29) is 12.6 Å². The molecule has 0 saturated heterocycles. The molecule has 1 atom stereocenters. The summed E-state index contributed by atoms with van der Waals surface area (Å²) in [6, 6.07) is 0. The lowest BCUT2D eigenvalue weighted by Gasteiger charge is -2.06. The number of carbonyl (C=O) groups excluding carboxylic acids is 1. The van der Waals surface area contributed by atoms with Gasteiger partial charge in [-0.1, -0.05) is 38.7 Å². The molecule has 18 heavy (non-hydrogen) atoms. The molecule has 106 valence electrons. The second kappa shape index (κ2) is 11.2. The Morgan fingerprint density at radius 1 is 1.17 bits per heavy atom. The van der Waals surface area contributed by atoms with Crippen LogP contribution >= 0.6 is 0 Å². The normalized spacial score (nSPS) is 12.2. The molecule has 0 heterocycles. The molecule has 0 aromatic rings. The number of hydrogen-bond acceptors (Lipinski definition) is 4. The molecule has 4 heteroatoms. The van der Waals surface area contributed by atoms with Crippen molar-refractivity contribution in [1.29, 1.82) is 0 Å². The van der Waals surface area contributed by atoms with Crippen LogP contribution in [0, 0.1) is 0 Å². The maximum atomic E-state index is 11.0. The lowest BCUT2D eigenvalue weighted by Crippen LogP contribution is -2.10. The molecular formula is C14H26O4. The molecule has 2 N–H and O–H groups in total. The van der Waals surface area contributed by atoms with E-state index in [1.54, 1.807) is 6.92 Å². The van der Waals surface area contributed by atoms with Crippen LogP contribution < -0.4 is 0 Å². The predicted octanol–water partition coefficient (Wildman–Crippen LogP) is 2.19. The van der Waals surface area contributed by atoms with Crippen molar-refractivity contribution >= 4 is 5.97 Å². The van der Waals surface area contributed by atoms with E-state index in [0.717, 1.165) is 38.5 Å². The molecule has 0 aromatic carbocycles. The fraction of sp³-hybridized carbons (Fsp3) is 0.786. The van der Waals surface area contributed by atoms with Crippen LogP contribution in [0.25, 0.3) is 0 Å². The minimum Gasteiger partial charge on any atom is -0.462 e. The van der Waals surface area contributed by atoms with Crippen LogP contribution in [0.1, 0.15) is 51.9 Å². The van der Waals surface area contributed by atoms with Crippen LogP contribution in [0.4, 0.5) is 0 Å². The Kier molecular flexibility index (Phi) is 10.7. The largest absolute Gasteiger partial charge is 0.462 e. The highest BCUT2D eigenvalue weighted by atomic mass is 16.5. The summed E-state index contributed by atoms with van der Waals surface area (Å²) in [5.41, 5.74) is 0.442. The fourth-order valence-electron chi connectivity index (χ4n) is 1.57. The number of hydrogen-bond donors (Lipinski definition) is 2. The quantitative estimate of drug-likeness (QED) is 0.339. The second-order valence-electron chi connectivity index (χ2n) is 4.66. The lowest BCUT2D eigenvalue weighted by atomic mass is 10.1. The van der Waals surface area contributed by atoms with Gasteiger partial charge in [0.1, 0.15) is 0 Å². The van der Waals surface area contributed by atoms with Crippen molar-refractivity contribution in [2.75, 3.05) is 13.2 Å². The molecule has 4 nitrogen and oxygen atoms in total. The summed E-state index contributed by atoms with van der Waals surface area (Å²) >= 11 is 0. The van der Waals surface area contributed by atoms with Gasteiger partial charge in [0.05, 0.1) is 19.3 Å². The van der Waals surface area contributed by atoms with Crippen LogP contribution in [-0.4, -0.2) is 35.5 Å². The highest BCUT2D eigenvalue weighted by molar-refractivity contribution is 5.86. The Morgan fingerprint density at radius 3 is 2.28 bits per heavy atom. The number of aliphatic hydroxyl groups excluding tert-OH is 2. The Morgan fingerprint density at radius 2 is 1.72 bits per heavy atom. The van der Waals surface area contributed by atoms with Crippen LogP contribution in [0.3, 0.4) is 0 Å². The summed E-state index contributed by atoms with van der Waals surface area (Å²) in [5.74, 6) is -0.312. The van der Waals surface area contributed by atoms with E-state index in [9.17, 15) is 4.79 Å². The fourth-order valence-corrected chi connectivity index (χ4v) is 1.57. The summed E-state index contributed by atoms with van der Waals surface area (Å²) in [6.07, 6.45) is 6.30. The van der Waals surface area contributed by atoms with E-state index < -0.39 is 6.10 Å². The number of esters is 1. The van der Waals surface area contributed by atoms with Gasteiger partial charge >= 0.3 is 5.97 Å². The molecule has 0 spiro atoms. The molecule has 0 fully saturated rings. The first kappa shape index (κ1) is 17.1. The minimum atomic E-state index is -0.563. The van der Waals surface area contributed by atoms with Crippen molar-refractivity contribution in [2.45, 2.75) is 58.0 Å². The summed E-state index contributed by atoms with van der Waals surface area (Å²) in [4.78, 5) is 11.0. The zero-order valence-corrected chi connectivity index (χ0v) is 11.4. The van der Waals surface area contributed by atoms with E-state index in [4.69, 9.17) is 14.9 Å². The molecule has 0 bridgehead atoms. The van der Waals surface area contributed by atoms with Gasteiger partial charge in [0, 0.05) is 5.57 Å². The second-order valence-corrected chi connectivity index (χ2v) is 4.66. The van der Waals surface area contributed by atoms with Crippen LogP contribution in [0.2, 0.25) is 0 Å². The number of carbonyl (C=O) groups is 1. The van der Waals surface area contributed by atoms with Crippen molar-refractivity contribution in [3.63, 3.8) is 0 Å². The maximum absolute atomic E-state index is 11.0. The van der Waals surface area contributed by atoms with Crippen molar-refractivity contribution < 1.29 is 19.7 Å². The minimum absolute atomic E-state index is 0.145. The Labute approximate surface area is 110 Å². The van der Waals surface area contributed by atoms with E-state index in [2.05, 4.69) is 6.58 Å². The molecule has 0 rings (SSSR count). The van der Waals surface area contributed by atoms with Crippen LogP contribution in [0.15, 0.2) is 12.2 Å². The SMILES string of the molecule is C=C(C)C(=O)OCCCCCCCCC(O)CO. The number of unbranched alkanes of at least 4 members (excludes halogenated alkanes) is 5. The number of rotatable bonds is 11. The van der Waals surface area contributed by atoms with E-state index in [1.807, 2.05) is 0 Å². The average Bonchev–Trinajstić information content (AvgIpc) is 2.35. The third kappa shape index (κ3) is 10.3. The summed E-state index contributed by atoms with van der Waals surface area (Å²) in [7, 11) is 0. The molecule has 0 aliphatic carbocycles. The topological polar surface area (TPSA) is 66.8 Å². The Bertz CT molecular complexity index is 238. The number of aliphatic hydroxyl groups is 2. The highest BCUT2D eigenvalue weighted by Gasteiger charge is 2.02. The monoisotopic (exact) mass is 258 g/mol. The molecular weight excluding hydrogens is 232 g/mol. The van der Waals surface area contributed by atoms with Crippen molar-refractivity contribution in [3.05, 3.63) is 12.2 Å². The third-order valence-corrected chi connectivity index (χ3v) is 2.72. The van der Waals surface area contributed by atoms with Gasteiger partial charge in [-0.3, -0.25) is 0 Å². The predicted molar refractivity (Wildman–Crippen MR) is 71.2 cm³/mol. The smallest absolute Gasteiger partial charge is 0.333 e. The van der Waals surface area contributed by atoms with Gasteiger partial charge in [0.2, 0.25) is 0 Å². The Balaban J connectivity index is 3.17. The van der Waals surface area contributed by atoms with Gasteiger partial charge in [0.15, 0.2) is 0 Å². The number of ether oxygens (including phenoxy) is 1. The molecule has 0 saturated carbocycles. The molecule has 0 aliphatic rings. The van der Waals surface area contributed by atoms with Crippen LogP contribution in [0.5, 0.6) is 0 Å². The molecule has 0 aromatic heterocycles.